The number of hydrogen-bond donors (Lipinski definition) is 0. The Kier molecular flexibility index (Phi) is 6.29. The summed E-state index contributed by atoms with van der Waals surface area (Å²) < 4.78 is 14.2. The van der Waals surface area contributed by atoms with Crippen LogP contribution in [0.1, 0.15) is 35.9 Å². The van der Waals surface area contributed by atoms with E-state index in [0.717, 1.165) is 52.4 Å². The van der Waals surface area contributed by atoms with Crippen molar-refractivity contribution < 1.29 is 13.6 Å². The van der Waals surface area contributed by atoms with Crippen molar-refractivity contribution in [1.82, 2.24) is 4.40 Å². The third-order valence-electron chi connectivity index (χ3n) is 13.2. The first-order chi connectivity index (χ1) is 28.2. The van der Waals surface area contributed by atoms with Crippen molar-refractivity contribution in [3.05, 3.63) is 182 Å². The van der Waals surface area contributed by atoms with Gasteiger partial charge in [0, 0.05) is 68.1 Å². The zero-order valence-corrected chi connectivity index (χ0v) is 31.3. The number of aromatic nitrogens is 3. The van der Waals surface area contributed by atoms with Gasteiger partial charge >= 0.3 is 0 Å². The van der Waals surface area contributed by atoms with Crippen LogP contribution in [0.15, 0.2) is 175 Å². The molecule has 0 fully saturated rings. The number of fused-ring (bicyclic) bond motifs is 19. The maximum atomic E-state index is 6.81. The first-order valence-corrected chi connectivity index (χ1v) is 20.1. The van der Waals surface area contributed by atoms with Gasteiger partial charge in [0.1, 0.15) is 5.58 Å². The molecule has 2 aliphatic rings. The normalized spacial score (nSPS) is 16.6. The molecule has 0 saturated heterocycles. The van der Waals surface area contributed by atoms with Crippen LogP contribution < -0.4 is 9.13 Å². The predicted octanol–water partition coefficient (Wildman–Crippen LogP) is 12.5. The van der Waals surface area contributed by atoms with E-state index in [-0.39, 0.29) is 6.04 Å². The molecule has 2 aliphatic heterocycles. The molecule has 13 rings (SSSR count). The van der Waals surface area contributed by atoms with E-state index in [2.05, 4.69) is 178 Å². The van der Waals surface area contributed by atoms with Gasteiger partial charge in [-0.1, -0.05) is 72.8 Å². The van der Waals surface area contributed by atoms with Crippen LogP contribution >= 0.6 is 0 Å². The van der Waals surface area contributed by atoms with Crippen LogP contribution in [0.4, 0.5) is 0 Å². The molecule has 0 saturated carbocycles. The van der Waals surface area contributed by atoms with Crippen molar-refractivity contribution in [2.24, 2.45) is 0 Å². The van der Waals surface area contributed by atoms with Crippen molar-refractivity contribution in [3.63, 3.8) is 0 Å². The van der Waals surface area contributed by atoms with E-state index in [9.17, 15) is 0 Å². The quantitative estimate of drug-likeness (QED) is 0.154. The van der Waals surface area contributed by atoms with Crippen molar-refractivity contribution in [2.45, 2.75) is 31.2 Å². The molecular formula is C53H37N3O+2. The first kappa shape index (κ1) is 31.2. The number of rotatable bonds is 1. The van der Waals surface area contributed by atoms with Crippen LogP contribution in [0.5, 0.6) is 0 Å². The highest BCUT2D eigenvalue weighted by Crippen LogP contribution is 2.48. The Balaban J connectivity index is 1.13. The van der Waals surface area contributed by atoms with Crippen LogP contribution in [0, 0.1) is 0 Å². The number of para-hydroxylation sites is 1. The second-order valence-electron chi connectivity index (χ2n) is 16.1. The molecule has 0 bridgehead atoms. The minimum Gasteiger partial charge on any atom is -0.454 e. The van der Waals surface area contributed by atoms with E-state index in [1.165, 1.54) is 77.3 Å². The third kappa shape index (κ3) is 4.27. The number of benzene rings is 6. The van der Waals surface area contributed by atoms with Gasteiger partial charge in [-0.3, -0.25) is 0 Å². The average Bonchev–Trinajstić information content (AvgIpc) is 3.92. The Bertz CT molecular complexity index is 3480. The molecule has 5 aromatic heterocycles. The summed E-state index contributed by atoms with van der Waals surface area (Å²) in [6, 6.07) is 56.2. The molecule has 2 atom stereocenters. The van der Waals surface area contributed by atoms with Gasteiger partial charge in [-0.25, -0.2) is 0 Å². The van der Waals surface area contributed by atoms with Gasteiger partial charge in [0.2, 0.25) is 11.4 Å². The molecule has 0 spiro atoms. The number of furan rings is 1. The largest absolute Gasteiger partial charge is 0.454 e. The molecule has 0 amide bonds. The monoisotopic (exact) mass is 731 g/mol. The van der Waals surface area contributed by atoms with E-state index >= 15 is 0 Å². The van der Waals surface area contributed by atoms with Crippen LogP contribution in [-0.2, 0) is 6.42 Å². The Hall–Kier alpha value is -7.04. The molecule has 4 heteroatoms. The van der Waals surface area contributed by atoms with Crippen molar-refractivity contribution >= 4 is 65.7 Å². The molecule has 57 heavy (non-hydrogen) atoms. The van der Waals surface area contributed by atoms with Crippen LogP contribution in [0.3, 0.4) is 0 Å². The fourth-order valence-electron chi connectivity index (χ4n) is 10.7. The standard InChI is InChI=1S/C53H37N3O/c1-32-27-48-38(36-15-5-6-16-37(36)46-18-10-12-26-55(46)48)22-21-34-30-49-43(31-42(34)47-19-9-11-25-54(32)47)45-29-35(33-13-3-2-4-14-33)28-44-40-23-24-41-39-17-7-8-20-50(39)57-53(41)52(40)56(49)51(44)45/h2-20,23-26,28-31,38,48H,1,21-22,27H2/q+2. The molecule has 7 heterocycles. The highest BCUT2D eigenvalue weighted by molar-refractivity contribution is 6.29. The van der Waals surface area contributed by atoms with E-state index < -0.39 is 0 Å². The molecular weight excluding hydrogens is 695 g/mol. The molecule has 0 N–H and O–H groups in total. The Labute approximate surface area is 329 Å². The Morgan fingerprint density at radius 1 is 0.579 bits per heavy atom. The van der Waals surface area contributed by atoms with Gasteiger partial charge in [-0.05, 0) is 96.3 Å². The minimum atomic E-state index is 0.246. The Morgan fingerprint density at radius 2 is 1.33 bits per heavy atom. The SMILES string of the molecule is C=C1CC2C(CCc3cc4c(cc3-c3cccc[n+]31)c1cc(-c3ccccc3)cc3c5ccc6c7ccccc7oc6c5n4c13)c1ccccc1-c1cccc[n+]12. The number of aryl methyl sites for hydroxylation is 1. The zero-order chi connectivity index (χ0) is 37.4. The summed E-state index contributed by atoms with van der Waals surface area (Å²) in [4.78, 5) is 0. The van der Waals surface area contributed by atoms with Crippen LogP contribution in [-0.4, -0.2) is 4.40 Å². The number of hydrogen-bond acceptors (Lipinski definition) is 1. The highest BCUT2D eigenvalue weighted by atomic mass is 16.3. The molecule has 268 valence electrons. The highest BCUT2D eigenvalue weighted by Gasteiger charge is 2.42. The molecule has 0 radical (unpaired) electrons. The number of pyridine rings is 2. The third-order valence-corrected chi connectivity index (χ3v) is 13.2. The van der Waals surface area contributed by atoms with Crippen LogP contribution in [0.2, 0.25) is 0 Å². The van der Waals surface area contributed by atoms with E-state index in [4.69, 9.17) is 11.0 Å². The lowest BCUT2D eigenvalue weighted by Crippen LogP contribution is -2.49. The van der Waals surface area contributed by atoms with Gasteiger partial charge in [0.05, 0.1) is 28.5 Å². The van der Waals surface area contributed by atoms with Gasteiger partial charge in [0.15, 0.2) is 29.7 Å². The van der Waals surface area contributed by atoms with Gasteiger partial charge < -0.3 is 8.82 Å². The fourth-order valence-corrected chi connectivity index (χ4v) is 10.7. The van der Waals surface area contributed by atoms with Crippen LogP contribution in [0.25, 0.3) is 99.4 Å². The average molecular weight is 732 g/mol. The lowest BCUT2D eigenvalue weighted by atomic mass is 9.77. The van der Waals surface area contributed by atoms with Crippen molar-refractivity contribution in [2.75, 3.05) is 0 Å². The van der Waals surface area contributed by atoms with Crippen molar-refractivity contribution in [3.8, 4) is 33.6 Å². The van der Waals surface area contributed by atoms with E-state index in [1.807, 2.05) is 0 Å². The Morgan fingerprint density at radius 3 is 2.25 bits per heavy atom. The molecule has 2 unspecified atom stereocenters. The van der Waals surface area contributed by atoms with E-state index in [1.54, 1.807) is 0 Å². The van der Waals surface area contributed by atoms with Gasteiger partial charge in [0.25, 0.3) is 0 Å². The molecule has 0 aliphatic carbocycles. The predicted molar refractivity (Wildman–Crippen MR) is 232 cm³/mol. The minimum absolute atomic E-state index is 0.246. The number of nitrogens with zero attached hydrogens (tertiary/aromatic N) is 3. The zero-order valence-electron chi connectivity index (χ0n) is 31.3. The lowest BCUT2D eigenvalue weighted by Gasteiger charge is -2.31. The lowest BCUT2D eigenvalue weighted by molar-refractivity contribution is -0.720. The van der Waals surface area contributed by atoms with Crippen molar-refractivity contribution in [1.29, 1.82) is 0 Å². The summed E-state index contributed by atoms with van der Waals surface area (Å²) in [5.41, 5.74) is 16.9. The summed E-state index contributed by atoms with van der Waals surface area (Å²) in [5, 5.41) is 7.29. The maximum Gasteiger partial charge on any atom is 0.218 e. The van der Waals surface area contributed by atoms with E-state index in [0.29, 0.717) is 5.92 Å². The first-order valence-electron chi connectivity index (χ1n) is 20.1. The summed E-state index contributed by atoms with van der Waals surface area (Å²) in [6.07, 6.45) is 7.31. The summed E-state index contributed by atoms with van der Waals surface area (Å²) in [5.74, 6) is 0.324. The smallest absolute Gasteiger partial charge is 0.218 e. The molecule has 4 nitrogen and oxygen atoms in total. The number of allylic oxidation sites excluding steroid dienone is 1. The van der Waals surface area contributed by atoms with Gasteiger partial charge in [-0.2, -0.15) is 9.13 Å². The molecule has 6 aromatic carbocycles. The topological polar surface area (TPSA) is 25.3 Å². The summed E-state index contributed by atoms with van der Waals surface area (Å²) in [7, 11) is 0. The summed E-state index contributed by atoms with van der Waals surface area (Å²) in [6.45, 7) is 4.81. The summed E-state index contributed by atoms with van der Waals surface area (Å²) >= 11 is 0. The maximum absolute atomic E-state index is 6.81. The second-order valence-corrected chi connectivity index (χ2v) is 16.1. The van der Waals surface area contributed by atoms with Gasteiger partial charge in [-0.15, -0.1) is 0 Å². The second kappa shape index (κ2) is 11.5. The molecule has 11 aromatic rings. The fraction of sp³-hybridized carbons (Fsp3) is 0.0943.